The van der Waals surface area contributed by atoms with E-state index in [0.29, 0.717) is 5.69 Å². The van der Waals surface area contributed by atoms with Crippen molar-refractivity contribution in [3.63, 3.8) is 0 Å². The molecule has 32 heavy (non-hydrogen) atoms. The van der Waals surface area contributed by atoms with Gasteiger partial charge in [0.15, 0.2) is 5.69 Å². The number of hydrogen-bond donors (Lipinski definition) is 1. The van der Waals surface area contributed by atoms with Crippen LogP contribution in [0.1, 0.15) is 30.0 Å². The van der Waals surface area contributed by atoms with Gasteiger partial charge >= 0.3 is 0 Å². The number of sulfonamides is 1. The van der Waals surface area contributed by atoms with Crippen LogP contribution in [0.5, 0.6) is 0 Å². The van der Waals surface area contributed by atoms with E-state index in [4.69, 9.17) is 0 Å². The van der Waals surface area contributed by atoms with Gasteiger partial charge in [0.05, 0.1) is 4.90 Å². The highest BCUT2D eigenvalue weighted by Gasteiger charge is 2.23. The van der Waals surface area contributed by atoms with Crippen molar-refractivity contribution >= 4 is 21.6 Å². The maximum Gasteiger partial charge on any atom is 0.280 e. The molecule has 3 rings (SSSR count). The molecule has 0 aliphatic rings. The summed E-state index contributed by atoms with van der Waals surface area (Å²) in [6.45, 7) is 5.10. The van der Waals surface area contributed by atoms with Gasteiger partial charge in [0, 0.05) is 30.5 Å². The molecular weight excluding hydrogens is 435 g/mol. The number of carbonyl (C=O) groups is 1. The first-order valence-electron chi connectivity index (χ1n) is 9.77. The minimum Gasteiger partial charge on any atom is -0.320 e. The van der Waals surface area contributed by atoms with Crippen LogP contribution in [0.4, 0.5) is 10.1 Å². The molecule has 0 saturated carbocycles. The fraction of sp³-hybridized carbons (Fsp3) is 0.227. The van der Waals surface area contributed by atoms with E-state index < -0.39 is 32.9 Å². The van der Waals surface area contributed by atoms with Crippen molar-refractivity contribution in [1.82, 2.24) is 14.1 Å². The Morgan fingerprint density at radius 3 is 2.34 bits per heavy atom. The number of hydrogen-bond acceptors (Lipinski definition) is 5. The summed E-state index contributed by atoms with van der Waals surface area (Å²) in [6, 6.07) is 12.4. The molecule has 10 heteroatoms. The Kier molecular flexibility index (Phi) is 6.56. The highest BCUT2D eigenvalue weighted by molar-refractivity contribution is 7.89. The van der Waals surface area contributed by atoms with Crippen molar-refractivity contribution in [1.29, 1.82) is 0 Å². The van der Waals surface area contributed by atoms with Gasteiger partial charge in [-0.1, -0.05) is 12.1 Å². The number of aryl methyl sites for hydroxylation is 1. The lowest BCUT2D eigenvalue weighted by atomic mass is 10.2. The van der Waals surface area contributed by atoms with E-state index in [1.54, 1.807) is 26.8 Å². The van der Waals surface area contributed by atoms with Gasteiger partial charge in [-0.2, -0.15) is 9.40 Å². The molecule has 0 unspecified atom stereocenters. The zero-order valence-corrected chi connectivity index (χ0v) is 18.9. The molecule has 1 N–H and O–H groups in total. The zero-order valence-electron chi connectivity index (χ0n) is 18.0. The quantitative estimate of drug-likeness (QED) is 0.612. The van der Waals surface area contributed by atoms with Crippen LogP contribution < -0.4 is 10.7 Å². The molecule has 0 aliphatic carbocycles. The third kappa shape index (κ3) is 4.61. The summed E-state index contributed by atoms with van der Waals surface area (Å²) in [5.41, 5.74) is -0.302. The molecule has 3 aromatic rings. The Bertz CT molecular complexity index is 1320. The van der Waals surface area contributed by atoms with Crippen molar-refractivity contribution in [2.24, 2.45) is 0 Å². The Morgan fingerprint density at radius 1 is 1.12 bits per heavy atom. The molecule has 0 saturated heterocycles. The highest BCUT2D eigenvalue weighted by atomic mass is 32.2. The van der Waals surface area contributed by atoms with Crippen LogP contribution in [0.25, 0.3) is 5.69 Å². The first kappa shape index (κ1) is 23.3. The minimum absolute atomic E-state index is 0.0714. The second kappa shape index (κ2) is 9.01. The van der Waals surface area contributed by atoms with Crippen LogP contribution in [0, 0.1) is 12.7 Å². The maximum absolute atomic E-state index is 14.2. The van der Waals surface area contributed by atoms with Gasteiger partial charge in [-0.3, -0.25) is 9.59 Å². The van der Waals surface area contributed by atoms with Gasteiger partial charge in [-0.25, -0.2) is 17.5 Å². The molecule has 0 atom stereocenters. The molecule has 0 bridgehead atoms. The first-order valence-corrected chi connectivity index (χ1v) is 11.2. The van der Waals surface area contributed by atoms with Crippen molar-refractivity contribution < 1.29 is 17.6 Å². The van der Waals surface area contributed by atoms with Gasteiger partial charge in [-0.15, -0.1) is 0 Å². The molecule has 1 aromatic heterocycles. The SMILES string of the molecule is Cc1cc(=O)c(C(=O)Nc2ccc(S(=O)(=O)N(C)C(C)C)cc2)nn1-c1ccccc1F. The number of anilines is 1. The molecule has 2 aromatic carbocycles. The van der Waals surface area contributed by atoms with Crippen LogP contribution >= 0.6 is 0 Å². The molecule has 0 aliphatic heterocycles. The Labute approximate surface area is 185 Å². The number of nitrogens with one attached hydrogen (secondary N) is 1. The lowest BCUT2D eigenvalue weighted by Gasteiger charge is -2.21. The number of halogens is 1. The van der Waals surface area contributed by atoms with E-state index in [1.165, 1.54) is 64.6 Å². The number of amides is 1. The Balaban J connectivity index is 1.89. The third-order valence-corrected chi connectivity index (χ3v) is 6.97. The summed E-state index contributed by atoms with van der Waals surface area (Å²) >= 11 is 0. The van der Waals surface area contributed by atoms with Gasteiger partial charge in [-0.05, 0) is 57.2 Å². The van der Waals surface area contributed by atoms with Crippen LogP contribution in [-0.2, 0) is 10.0 Å². The van der Waals surface area contributed by atoms with Crippen molar-refractivity contribution in [3.8, 4) is 5.69 Å². The number of nitrogens with zero attached hydrogens (tertiary/aromatic N) is 3. The standard InChI is InChI=1S/C22H23FN4O4S/c1-14(2)26(4)32(30,31)17-11-9-16(10-12-17)24-22(29)21-20(28)13-15(3)27(25-21)19-8-6-5-7-18(19)23/h5-14H,1-4H3,(H,24,29). The van der Waals surface area contributed by atoms with E-state index >= 15 is 0 Å². The van der Waals surface area contributed by atoms with Crippen molar-refractivity contribution in [2.45, 2.75) is 31.7 Å². The fourth-order valence-electron chi connectivity index (χ4n) is 2.92. The number of carbonyl (C=O) groups excluding carboxylic acids is 1. The molecule has 1 amide bonds. The Morgan fingerprint density at radius 2 is 1.75 bits per heavy atom. The van der Waals surface area contributed by atoms with Gasteiger partial charge in [0.1, 0.15) is 11.5 Å². The summed E-state index contributed by atoms with van der Waals surface area (Å²) in [5, 5.41) is 6.57. The topological polar surface area (TPSA) is 101 Å². The number of rotatable bonds is 6. The fourth-order valence-corrected chi connectivity index (χ4v) is 4.28. The van der Waals surface area contributed by atoms with Crippen LogP contribution in [0.15, 0.2) is 64.3 Å². The van der Waals surface area contributed by atoms with E-state index in [0.717, 1.165) is 0 Å². The minimum atomic E-state index is -3.67. The normalized spacial score (nSPS) is 11.7. The summed E-state index contributed by atoms with van der Waals surface area (Å²) in [5.74, 6) is -1.35. The second-order valence-electron chi connectivity index (χ2n) is 7.46. The predicted octanol–water partition coefficient (Wildman–Crippen LogP) is 2.96. The second-order valence-corrected chi connectivity index (χ2v) is 9.45. The lowest BCUT2D eigenvalue weighted by Crippen LogP contribution is -2.33. The number of aromatic nitrogens is 2. The van der Waals surface area contributed by atoms with Crippen molar-refractivity contribution in [2.75, 3.05) is 12.4 Å². The zero-order chi connectivity index (χ0) is 23.6. The van der Waals surface area contributed by atoms with Crippen LogP contribution in [0.3, 0.4) is 0 Å². The van der Waals surface area contributed by atoms with Gasteiger partial charge in [0.25, 0.3) is 5.91 Å². The first-order chi connectivity index (χ1) is 15.0. The van der Waals surface area contributed by atoms with Crippen LogP contribution in [0.2, 0.25) is 0 Å². The molecular formula is C22H23FN4O4S. The summed E-state index contributed by atoms with van der Waals surface area (Å²) < 4.78 is 41.7. The van der Waals surface area contributed by atoms with E-state index in [1.807, 2.05) is 0 Å². The van der Waals surface area contributed by atoms with Crippen molar-refractivity contribution in [3.05, 3.63) is 82.0 Å². The highest BCUT2D eigenvalue weighted by Crippen LogP contribution is 2.19. The summed E-state index contributed by atoms with van der Waals surface area (Å²) in [7, 11) is -2.18. The third-order valence-electron chi connectivity index (χ3n) is 4.92. The number of para-hydroxylation sites is 1. The number of benzene rings is 2. The molecule has 0 fully saturated rings. The summed E-state index contributed by atoms with van der Waals surface area (Å²) in [6.07, 6.45) is 0. The predicted molar refractivity (Wildman–Crippen MR) is 119 cm³/mol. The molecule has 1 heterocycles. The van der Waals surface area contributed by atoms with Gasteiger partial charge < -0.3 is 5.32 Å². The van der Waals surface area contributed by atoms with E-state index in [9.17, 15) is 22.4 Å². The smallest absolute Gasteiger partial charge is 0.280 e. The average Bonchev–Trinajstić information content (AvgIpc) is 2.74. The monoisotopic (exact) mass is 458 g/mol. The van der Waals surface area contributed by atoms with E-state index in [-0.39, 0.29) is 22.3 Å². The van der Waals surface area contributed by atoms with Gasteiger partial charge in [0.2, 0.25) is 15.5 Å². The maximum atomic E-state index is 14.2. The Hall–Kier alpha value is -3.37. The van der Waals surface area contributed by atoms with E-state index in [2.05, 4.69) is 10.4 Å². The van der Waals surface area contributed by atoms with Crippen LogP contribution in [-0.4, -0.2) is 41.5 Å². The molecule has 8 nitrogen and oxygen atoms in total. The lowest BCUT2D eigenvalue weighted by molar-refractivity contribution is 0.101. The summed E-state index contributed by atoms with van der Waals surface area (Å²) in [4.78, 5) is 25.1. The average molecular weight is 459 g/mol. The largest absolute Gasteiger partial charge is 0.320 e. The molecule has 168 valence electrons. The molecule has 0 radical (unpaired) electrons. The molecule has 0 spiro atoms.